The molecule has 0 saturated heterocycles. The van der Waals surface area contributed by atoms with E-state index in [4.69, 9.17) is 11.6 Å². The lowest BCUT2D eigenvalue weighted by Gasteiger charge is -2.04. The van der Waals surface area contributed by atoms with Crippen LogP contribution in [0.2, 0.25) is 4.34 Å². The average Bonchev–Trinajstić information content (AvgIpc) is 3.05. The Morgan fingerprint density at radius 3 is 3.00 bits per heavy atom. The SMILES string of the molecule is Cc1cc(=O)n2c(CCNC(=O)c3ccc(Cl)s3)csc2n1. The first kappa shape index (κ1) is 15.2. The molecule has 0 aliphatic carbocycles. The van der Waals surface area contributed by atoms with Crippen molar-refractivity contribution in [3.63, 3.8) is 0 Å². The molecular weight excluding hydrogens is 342 g/mol. The van der Waals surface area contributed by atoms with Crippen molar-refractivity contribution < 1.29 is 4.79 Å². The zero-order valence-electron chi connectivity index (χ0n) is 11.6. The number of aromatic nitrogens is 2. The van der Waals surface area contributed by atoms with E-state index in [0.29, 0.717) is 32.8 Å². The Kier molecular flexibility index (Phi) is 4.28. The van der Waals surface area contributed by atoms with E-state index in [1.807, 2.05) is 5.38 Å². The van der Waals surface area contributed by atoms with Gasteiger partial charge >= 0.3 is 0 Å². The quantitative estimate of drug-likeness (QED) is 0.784. The molecule has 0 bridgehead atoms. The molecule has 0 spiro atoms. The molecule has 8 heteroatoms. The normalized spacial score (nSPS) is 11.0. The molecule has 0 unspecified atom stereocenters. The lowest BCUT2D eigenvalue weighted by Crippen LogP contribution is -2.26. The second-order valence-corrected chi connectivity index (χ2v) is 7.24. The van der Waals surface area contributed by atoms with Crippen LogP contribution in [0, 0.1) is 6.92 Å². The van der Waals surface area contributed by atoms with E-state index in [0.717, 1.165) is 5.69 Å². The number of thiophene rings is 1. The number of rotatable bonds is 4. The first-order chi connectivity index (χ1) is 10.5. The number of halogens is 1. The highest BCUT2D eigenvalue weighted by Gasteiger charge is 2.10. The standard InChI is InChI=1S/C14H12ClN3O2S2/c1-8-6-12(19)18-9(7-21-14(18)17-8)4-5-16-13(20)10-2-3-11(15)22-10/h2-3,6-7H,4-5H2,1H3,(H,16,20). The van der Waals surface area contributed by atoms with Crippen molar-refractivity contribution in [2.45, 2.75) is 13.3 Å². The maximum Gasteiger partial charge on any atom is 0.261 e. The highest BCUT2D eigenvalue weighted by atomic mass is 35.5. The Morgan fingerprint density at radius 2 is 2.27 bits per heavy atom. The fourth-order valence-electron chi connectivity index (χ4n) is 2.09. The van der Waals surface area contributed by atoms with Gasteiger partial charge in [-0.05, 0) is 19.1 Å². The third-order valence-electron chi connectivity index (χ3n) is 3.07. The van der Waals surface area contributed by atoms with Crippen molar-refractivity contribution in [1.82, 2.24) is 14.7 Å². The molecule has 0 radical (unpaired) electrons. The summed E-state index contributed by atoms with van der Waals surface area (Å²) in [6.07, 6.45) is 0.565. The van der Waals surface area contributed by atoms with Crippen LogP contribution < -0.4 is 10.9 Å². The summed E-state index contributed by atoms with van der Waals surface area (Å²) in [6, 6.07) is 4.90. The van der Waals surface area contributed by atoms with Crippen LogP contribution in [0.5, 0.6) is 0 Å². The molecule has 0 aliphatic heterocycles. The van der Waals surface area contributed by atoms with Gasteiger partial charge in [-0.3, -0.25) is 14.0 Å². The molecule has 0 atom stereocenters. The van der Waals surface area contributed by atoms with Crippen molar-refractivity contribution in [2.75, 3.05) is 6.54 Å². The van der Waals surface area contributed by atoms with Crippen molar-refractivity contribution >= 4 is 45.1 Å². The van der Waals surface area contributed by atoms with Crippen LogP contribution in [0.3, 0.4) is 0 Å². The smallest absolute Gasteiger partial charge is 0.261 e. The van der Waals surface area contributed by atoms with E-state index >= 15 is 0 Å². The van der Waals surface area contributed by atoms with E-state index in [2.05, 4.69) is 10.3 Å². The van der Waals surface area contributed by atoms with Gasteiger partial charge in [0.25, 0.3) is 11.5 Å². The number of hydrogen-bond acceptors (Lipinski definition) is 5. The summed E-state index contributed by atoms with van der Waals surface area (Å²) in [5, 5.41) is 4.73. The van der Waals surface area contributed by atoms with Crippen LogP contribution in [-0.2, 0) is 6.42 Å². The molecule has 0 aliphatic rings. The minimum absolute atomic E-state index is 0.0879. The minimum atomic E-state index is -0.155. The maximum atomic E-state index is 12.0. The van der Waals surface area contributed by atoms with Crippen LogP contribution >= 0.6 is 34.3 Å². The Morgan fingerprint density at radius 1 is 1.45 bits per heavy atom. The summed E-state index contributed by atoms with van der Waals surface area (Å²) >= 11 is 8.48. The molecule has 3 rings (SSSR count). The summed E-state index contributed by atoms with van der Waals surface area (Å²) in [5.74, 6) is -0.155. The Bertz CT molecular complexity index is 897. The first-order valence-electron chi connectivity index (χ1n) is 6.55. The van der Waals surface area contributed by atoms with Crippen LogP contribution in [0.15, 0.2) is 28.4 Å². The zero-order valence-corrected chi connectivity index (χ0v) is 14.0. The topological polar surface area (TPSA) is 63.5 Å². The van der Waals surface area contributed by atoms with Gasteiger partial charge < -0.3 is 5.32 Å². The summed E-state index contributed by atoms with van der Waals surface area (Å²) in [4.78, 5) is 29.5. The average molecular weight is 354 g/mol. The molecule has 1 amide bonds. The van der Waals surface area contributed by atoms with E-state index in [1.165, 1.54) is 28.7 Å². The number of carbonyl (C=O) groups excluding carboxylic acids is 1. The number of nitrogens with zero attached hydrogens (tertiary/aromatic N) is 2. The van der Waals surface area contributed by atoms with Crippen molar-refractivity contribution in [3.8, 4) is 0 Å². The van der Waals surface area contributed by atoms with Gasteiger partial charge in [-0.2, -0.15) is 0 Å². The van der Waals surface area contributed by atoms with Gasteiger partial charge in [0.15, 0.2) is 4.96 Å². The van der Waals surface area contributed by atoms with E-state index < -0.39 is 0 Å². The van der Waals surface area contributed by atoms with Gasteiger partial charge in [-0.25, -0.2) is 4.98 Å². The number of carbonyl (C=O) groups is 1. The minimum Gasteiger partial charge on any atom is -0.351 e. The van der Waals surface area contributed by atoms with Gasteiger partial charge in [0.1, 0.15) is 0 Å². The Hall–Kier alpha value is -1.70. The predicted octanol–water partition coefficient (Wildman–Crippen LogP) is 2.75. The molecular formula is C14H12ClN3O2S2. The molecule has 3 aromatic rings. The van der Waals surface area contributed by atoms with Crippen LogP contribution in [0.4, 0.5) is 0 Å². The largest absolute Gasteiger partial charge is 0.351 e. The van der Waals surface area contributed by atoms with E-state index in [1.54, 1.807) is 23.5 Å². The number of fused-ring (bicyclic) bond motifs is 1. The molecule has 3 aromatic heterocycles. The summed E-state index contributed by atoms with van der Waals surface area (Å²) in [7, 11) is 0. The number of nitrogens with one attached hydrogen (secondary N) is 1. The predicted molar refractivity (Wildman–Crippen MR) is 89.4 cm³/mol. The van der Waals surface area contributed by atoms with Gasteiger partial charge in [0.2, 0.25) is 0 Å². The van der Waals surface area contributed by atoms with Crippen molar-refractivity contribution in [2.24, 2.45) is 0 Å². The van der Waals surface area contributed by atoms with Crippen LogP contribution in [0.1, 0.15) is 21.1 Å². The van der Waals surface area contributed by atoms with E-state index in [9.17, 15) is 9.59 Å². The summed E-state index contributed by atoms with van der Waals surface area (Å²) in [6.45, 7) is 2.24. The number of hydrogen-bond donors (Lipinski definition) is 1. The molecule has 0 aromatic carbocycles. The van der Waals surface area contributed by atoms with Crippen LogP contribution in [-0.4, -0.2) is 21.8 Å². The van der Waals surface area contributed by atoms with Gasteiger partial charge in [-0.1, -0.05) is 11.6 Å². The Balaban J connectivity index is 1.70. The van der Waals surface area contributed by atoms with Gasteiger partial charge in [0, 0.05) is 35.8 Å². The van der Waals surface area contributed by atoms with Gasteiger partial charge in [0.05, 0.1) is 9.21 Å². The Labute approximate surface area is 139 Å². The maximum absolute atomic E-state index is 12.0. The number of thiazole rings is 1. The van der Waals surface area contributed by atoms with E-state index in [-0.39, 0.29) is 11.5 Å². The monoisotopic (exact) mass is 353 g/mol. The zero-order chi connectivity index (χ0) is 15.7. The highest BCUT2D eigenvalue weighted by Crippen LogP contribution is 2.21. The number of aryl methyl sites for hydroxylation is 1. The van der Waals surface area contributed by atoms with Gasteiger partial charge in [-0.15, -0.1) is 22.7 Å². The molecule has 3 heterocycles. The number of amides is 1. The second-order valence-electron chi connectivity index (χ2n) is 4.69. The highest BCUT2D eigenvalue weighted by molar-refractivity contribution is 7.18. The van der Waals surface area contributed by atoms with Crippen LogP contribution in [0.25, 0.3) is 4.96 Å². The summed E-state index contributed by atoms with van der Waals surface area (Å²) < 4.78 is 2.17. The lowest BCUT2D eigenvalue weighted by molar-refractivity contribution is 0.0958. The molecule has 0 saturated carbocycles. The van der Waals surface area contributed by atoms with Crippen molar-refractivity contribution in [1.29, 1.82) is 0 Å². The fourth-order valence-corrected chi connectivity index (χ4v) is 4.02. The first-order valence-corrected chi connectivity index (χ1v) is 8.62. The fraction of sp³-hybridized carbons (Fsp3) is 0.214. The third kappa shape index (κ3) is 3.06. The second kappa shape index (κ2) is 6.20. The molecule has 1 N–H and O–H groups in total. The van der Waals surface area contributed by atoms with Crippen molar-refractivity contribution in [3.05, 3.63) is 54.5 Å². The lowest BCUT2D eigenvalue weighted by atomic mass is 10.3. The molecule has 22 heavy (non-hydrogen) atoms. The molecule has 114 valence electrons. The molecule has 5 nitrogen and oxygen atoms in total. The molecule has 0 fully saturated rings. The third-order valence-corrected chi connectivity index (χ3v) is 5.17. The summed E-state index contributed by atoms with van der Waals surface area (Å²) in [5.41, 5.74) is 1.47.